The Balaban J connectivity index is 1.46. The Morgan fingerprint density at radius 2 is 1.78 bits per heavy atom. The molecular weight excluding hydrogens is 360 g/mol. The molecule has 3 atom stereocenters. The van der Waals surface area contributed by atoms with E-state index in [0.717, 1.165) is 12.7 Å². The van der Waals surface area contributed by atoms with E-state index in [4.69, 9.17) is 0 Å². The highest BCUT2D eigenvalue weighted by Gasteiger charge is 2.47. The zero-order chi connectivity index (χ0) is 19.0. The van der Waals surface area contributed by atoms with Crippen molar-refractivity contribution >= 4 is 15.9 Å². The van der Waals surface area contributed by atoms with E-state index in [1.54, 1.807) is 0 Å². The van der Waals surface area contributed by atoms with Crippen LogP contribution in [0, 0.1) is 5.92 Å². The van der Waals surface area contributed by atoms with Crippen LogP contribution in [-0.2, 0) is 14.8 Å². The van der Waals surface area contributed by atoms with Crippen LogP contribution < -0.4 is 4.72 Å². The lowest BCUT2D eigenvalue weighted by molar-refractivity contribution is -0.131. The summed E-state index contributed by atoms with van der Waals surface area (Å²) in [4.78, 5) is 14.7. The Kier molecular flexibility index (Phi) is 4.78. The maximum absolute atomic E-state index is 12.9. The summed E-state index contributed by atoms with van der Waals surface area (Å²) >= 11 is 0. The predicted molar refractivity (Wildman–Crippen MR) is 106 cm³/mol. The molecule has 2 aromatic rings. The van der Waals surface area contributed by atoms with Gasteiger partial charge in [0.25, 0.3) is 0 Å². The number of nitrogens with zero attached hydrogens (tertiary/aromatic N) is 1. The molecule has 1 saturated carbocycles. The molecule has 1 saturated heterocycles. The number of benzene rings is 2. The van der Waals surface area contributed by atoms with Crippen molar-refractivity contribution in [2.45, 2.75) is 24.8 Å². The standard InChI is InChI=1S/C21H24N2O3S/c1-27(25,26)22-16-11-12-23(14-16)21(24)20-13-19(20)18-10-6-5-9-17(18)15-7-3-2-4-8-15/h2-10,16,19-20,22H,11-14H2,1H3/t16-,19+,20-/m1/s1. The van der Waals surface area contributed by atoms with E-state index in [2.05, 4.69) is 29.0 Å². The minimum atomic E-state index is -3.24. The molecule has 0 spiro atoms. The maximum atomic E-state index is 12.9. The van der Waals surface area contributed by atoms with Gasteiger partial charge in [-0.25, -0.2) is 13.1 Å². The molecule has 1 N–H and O–H groups in total. The number of likely N-dealkylation sites (tertiary alicyclic amines) is 1. The fraction of sp³-hybridized carbons (Fsp3) is 0.381. The van der Waals surface area contributed by atoms with Gasteiger partial charge in [0, 0.05) is 25.0 Å². The number of rotatable bonds is 5. The van der Waals surface area contributed by atoms with E-state index in [1.165, 1.54) is 16.7 Å². The maximum Gasteiger partial charge on any atom is 0.226 e. The lowest BCUT2D eigenvalue weighted by Gasteiger charge is -2.17. The molecule has 2 fully saturated rings. The van der Waals surface area contributed by atoms with Crippen LogP contribution in [0.4, 0.5) is 0 Å². The Morgan fingerprint density at radius 1 is 1.07 bits per heavy atom. The molecule has 2 aliphatic rings. The second-order valence-corrected chi connectivity index (χ2v) is 9.34. The first-order valence-corrected chi connectivity index (χ1v) is 11.2. The molecule has 4 rings (SSSR count). The zero-order valence-electron chi connectivity index (χ0n) is 15.3. The van der Waals surface area contributed by atoms with Crippen LogP contribution >= 0.6 is 0 Å². The van der Waals surface area contributed by atoms with Crippen molar-refractivity contribution in [1.82, 2.24) is 9.62 Å². The number of amides is 1. The highest BCUT2D eigenvalue weighted by molar-refractivity contribution is 7.88. The van der Waals surface area contributed by atoms with Gasteiger partial charge in [-0.2, -0.15) is 0 Å². The molecule has 1 aliphatic heterocycles. The molecule has 1 heterocycles. The molecule has 1 amide bonds. The largest absolute Gasteiger partial charge is 0.341 e. The molecule has 0 aromatic heterocycles. The van der Waals surface area contributed by atoms with Gasteiger partial charge < -0.3 is 4.90 Å². The second-order valence-electron chi connectivity index (χ2n) is 7.56. The van der Waals surface area contributed by atoms with Crippen molar-refractivity contribution in [3.05, 3.63) is 60.2 Å². The molecule has 142 valence electrons. The smallest absolute Gasteiger partial charge is 0.226 e. The van der Waals surface area contributed by atoms with Crippen LogP contribution in [0.1, 0.15) is 24.3 Å². The Bertz CT molecular complexity index is 943. The van der Waals surface area contributed by atoms with Crippen molar-refractivity contribution in [2.75, 3.05) is 19.3 Å². The zero-order valence-corrected chi connectivity index (χ0v) is 16.2. The van der Waals surface area contributed by atoms with Crippen molar-refractivity contribution < 1.29 is 13.2 Å². The summed E-state index contributed by atoms with van der Waals surface area (Å²) in [6.45, 7) is 1.09. The predicted octanol–water partition coefficient (Wildman–Crippen LogP) is 2.61. The minimum absolute atomic E-state index is 0.00634. The molecular formula is C21H24N2O3S. The van der Waals surface area contributed by atoms with E-state index >= 15 is 0 Å². The normalized spacial score (nSPS) is 24.8. The highest BCUT2D eigenvalue weighted by Crippen LogP contribution is 2.51. The summed E-state index contributed by atoms with van der Waals surface area (Å²) in [5.74, 6) is 0.406. The minimum Gasteiger partial charge on any atom is -0.341 e. The fourth-order valence-electron chi connectivity index (χ4n) is 4.11. The average Bonchev–Trinajstić information content (AvgIpc) is 3.32. The van der Waals surface area contributed by atoms with Crippen LogP contribution in [0.3, 0.4) is 0 Å². The third-order valence-corrected chi connectivity index (χ3v) is 6.19. The number of nitrogens with one attached hydrogen (secondary N) is 1. The van der Waals surface area contributed by atoms with Gasteiger partial charge in [-0.1, -0.05) is 54.6 Å². The van der Waals surface area contributed by atoms with Crippen LogP contribution in [0.25, 0.3) is 11.1 Å². The van der Waals surface area contributed by atoms with Crippen molar-refractivity contribution in [2.24, 2.45) is 5.92 Å². The highest BCUT2D eigenvalue weighted by atomic mass is 32.2. The van der Waals surface area contributed by atoms with E-state index in [-0.39, 0.29) is 23.8 Å². The Labute approximate surface area is 160 Å². The molecule has 5 nitrogen and oxygen atoms in total. The third-order valence-electron chi connectivity index (χ3n) is 5.43. The van der Waals surface area contributed by atoms with E-state index in [0.29, 0.717) is 19.5 Å². The first-order chi connectivity index (χ1) is 12.9. The number of hydrogen-bond donors (Lipinski definition) is 1. The quantitative estimate of drug-likeness (QED) is 0.862. The van der Waals surface area contributed by atoms with E-state index in [9.17, 15) is 13.2 Å². The molecule has 2 aromatic carbocycles. The van der Waals surface area contributed by atoms with Gasteiger partial charge in [0.1, 0.15) is 0 Å². The Hall–Kier alpha value is -2.18. The molecule has 0 radical (unpaired) electrons. The molecule has 27 heavy (non-hydrogen) atoms. The summed E-state index contributed by atoms with van der Waals surface area (Å²) in [6.07, 6.45) is 2.70. The lowest BCUT2D eigenvalue weighted by Crippen LogP contribution is -2.38. The number of carbonyl (C=O) groups excluding carboxylic acids is 1. The number of hydrogen-bond acceptors (Lipinski definition) is 3. The van der Waals surface area contributed by atoms with Crippen LogP contribution in [-0.4, -0.2) is 44.6 Å². The summed E-state index contributed by atoms with van der Waals surface area (Å²) in [5.41, 5.74) is 3.59. The van der Waals surface area contributed by atoms with Crippen molar-refractivity contribution in [1.29, 1.82) is 0 Å². The summed E-state index contributed by atoms with van der Waals surface area (Å²) in [6, 6.07) is 18.4. The van der Waals surface area contributed by atoms with Gasteiger partial charge in [-0.15, -0.1) is 0 Å². The average molecular weight is 385 g/mol. The van der Waals surface area contributed by atoms with Gasteiger partial charge in [0.05, 0.1) is 6.26 Å². The summed E-state index contributed by atoms with van der Waals surface area (Å²) < 4.78 is 25.4. The van der Waals surface area contributed by atoms with Crippen LogP contribution in [0.5, 0.6) is 0 Å². The van der Waals surface area contributed by atoms with E-state index < -0.39 is 10.0 Å². The summed E-state index contributed by atoms with van der Waals surface area (Å²) in [5, 5.41) is 0. The SMILES string of the molecule is CS(=O)(=O)N[C@@H]1CCN(C(=O)[C@@H]2C[C@H]2c2ccccc2-c2ccccc2)C1. The molecule has 0 unspecified atom stereocenters. The van der Waals surface area contributed by atoms with E-state index in [1.807, 2.05) is 35.2 Å². The Morgan fingerprint density at radius 3 is 2.52 bits per heavy atom. The van der Waals surface area contributed by atoms with Gasteiger partial charge in [-0.05, 0) is 35.4 Å². The van der Waals surface area contributed by atoms with Crippen LogP contribution in [0.15, 0.2) is 54.6 Å². The first kappa shape index (κ1) is 18.2. The van der Waals surface area contributed by atoms with Gasteiger partial charge in [0.2, 0.25) is 15.9 Å². The van der Waals surface area contributed by atoms with Gasteiger partial charge in [-0.3, -0.25) is 4.79 Å². The number of sulfonamides is 1. The van der Waals surface area contributed by atoms with Gasteiger partial charge in [0.15, 0.2) is 0 Å². The first-order valence-electron chi connectivity index (χ1n) is 9.33. The topological polar surface area (TPSA) is 66.5 Å². The fourth-order valence-corrected chi connectivity index (χ4v) is 4.90. The second kappa shape index (κ2) is 7.09. The van der Waals surface area contributed by atoms with Crippen LogP contribution in [0.2, 0.25) is 0 Å². The van der Waals surface area contributed by atoms with Crippen molar-refractivity contribution in [3.63, 3.8) is 0 Å². The molecule has 6 heteroatoms. The third kappa shape index (κ3) is 4.06. The van der Waals surface area contributed by atoms with Crippen molar-refractivity contribution in [3.8, 4) is 11.1 Å². The molecule has 1 aliphatic carbocycles. The molecule has 0 bridgehead atoms. The van der Waals surface area contributed by atoms with Gasteiger partial charge >= 0.3 is 0 Å². The number of carbonyl (C=O) groups is 1. The monoisotopic (exact) mass is 384 g/mol. The lowest BCUT2D eigenvalue weighted by atomic mass is 9.96. The summed E-state index contributed by atoms with van der Waals surface area (Å²) in [7, 11) is -3.24.